The first-order chi connectivity index (χ1) is 13.6. The summed E-state index contributed by atoms with van der Waals surface area (Å²) in [7, 11) is 1.91. The first-order valence-electron chi connectivity index (χ1n) is 9.02. The lowest BCUT2D eigenvalue weighted by molar-refractivity contribution is 0.0992. The number of amides is 1. The Hall–Kier alpha value is -3.06. The summed E-state index contributed by atoms with van der Waals surface area (Å²) in [6, 6.07) is 14.0. The molecule has 0 aliphatic heterocycles. The van der Waals surface area contributed by atoms with Crippen molar-refractivity contribution >= 4 is 21.4 Å². The van der Waals surface area contributed by atoms with Crippen LogP contribution in [0.2, 0.25) is 0 Å². The lowest BCUT2D eigenvalue weighted by atomic mass is 10.0. The maximum atomic E-state index is 13.2. The summed E-state index contributed by atoms with van der Waals surface area (Å²) in [5.74, 6) is 0.562. The first-order valence-corrected chi connectivity index (χ1v) is 10.9. The highest BCUT2D eigenvalue weighted by Crippen LogP contribution is 2.34. The summed E-state index contributed by atoms with van der Waals surface area (Å²) in [5, 5.41) is 0. The van der Waals surface area contributed by atoms with Crippen LogP contribution in [0, 0.1) is 6.92 Å². The number of nitrogens with zero attached hydrogens (tertiary/aromatic N) is 2. The van der Waals surface area contributed by atoms with Gasteiger partial charge in [-0.1, -0.05) is 12.1 Å². The van der Waals surface area contributed by atoms with Gasteiger partial charge in [-0.2, -0.15) is 0 Å². The van der Waals surface area contributed by atoms with Gasteiger partial charge in [0.15, 0.2) is 9.84 Å². The van der Waals surface area contributed by atoms with Crippen molar-refractivity contribution in [1.82, 2.24) is 4.57 Å². The molecule has 0 spiro atoms. The van der Waals surface area contributed by atoms with Crippen molar-refractivity contribution in [2.24, 2.45) is 7.05 Å². The van der Waals surface area contributed by atoms with E-state index in [1.54, 1.807) is 32.5 Å². The standard InChI is InChI=1S/C22H24N2O4S/c1-15-19(14-23(2)21(15)18-8-6-7-9-20(18)28-4)22(25)24(3)16-10-12-17(13-11-16)29(5,26)27/h6-14H,1-5H3. The van der Waals surface area contributed by atoms with Crippen molar-refractivity contribution in [1.29, 1.82) is 0 Å². The number of hydrogen-bond donors (Lipinski definition) is 0. The van der Waals surface area contributed by atoms with Crippen LogP contribution in [-0.2, 0) is 16.9 Å². The molecule has 0 bridgehead atoms. The number of rotatable bonds is 5. The maximum absolute atomic E-state index is 13.2. The van der Waals surface area contributed by atoms with E-state index in [1.807, 2.05) is 42.8 Å². The quantitative estimate of drug-likeness (QED) is 0.641. The Balaban J connectivity index is 1.98. The van der Waals surface area contributed by atoms with E-state index in [9.17, 15) is 13.2 Å². The van der Waals surface area contributed by atoms with Gasteiger partial charge in [0.1, 0.15) is 5.75 Å². The largest absolute Gasteiger partial charge is 0.496 e. The average molecular weight is 413 g/mol. The molecule has 0 fully saturated rings. The van der Waals surface area contributed by atoms with Gasteiger partial charge in [0, 0.05) is 37.8 Å². The Morgan fingerprint density at radius 2 is 1.69 bits per heavy atom. The summed E-state index contributed by atoms with van der Waals surface area (Å²) in [4.78, 5) is 14.9. The van der Waals surface area contributed by atoms with Crippen molar-refractivity contribution in [2.45, 2.75) is 11.8 Å². The van der Waals surface area contributed by atoms with Crippen molar-refractivity contribution in [3.05, 3.63) is 65.9 Å². The fourth-order valence-corrected chi connectivity index (χ4v) is 4.04. The topological polar surface area (TPSA) is 68.6 Å². The zero-order valence-corrected chi connectivity index (χ0v) is 17.9. The number of anilines is 1. The molecule has 3 rings (SSSR count). The lowest BCUT2D eigenvalue weighted by Crippen LogP contribution is -2.26. The van der Waals surface area contributed by atoms with Gasteiger partial charge in [-0.3, -0.25) is 4.79 Å². The molecule has 0 radical (unpaired) electrons. The van der Waals surface area contributed by atoms with E-state index in [-0.39, 0.29) is 10.8 Å². The van der Waals surface area contributed by atoms with E-state index in [2.05, 4.69) is 0 Å². The van der Waals surface area contributed by atoms with E-state index < -0.39 is 9.84 Å². The predicted octanol–water partition coefficient (Wildman–Crippen LogP) is 3.69. The van der Waals surface area contributed by atoms with Gasteiger partial charge in [0.25, 0.3) is 5.91 Å². The molecule has 0 unspecified atom stereocenters. The van der Waals surface area contributed by atoms with Crippen LogP contribution in [0.15, 0.2) is 59.6 Å². The second kappa shape index (κ2) is 7.75. The van der Waals surface area contributed by atoms with Gasteiger partial charge in [-0.05, 0) is 48.9 Å². The molecule has 2 aromatic carbocycles. The van der Waals surface area contributed by atoms with Crippen molar-refractivity contribution in [3.63, 3.8) is 0 Å². The minimum Gasteiger partial charge on any atom is -0.496 e. The number of aromatic nitrogens is 1. The molecule has 29 heavy (non-hydrogen) atoms. The molecule has 0 saturated carbocycles. The monoisotopic (exact) mass is 412 g/mol. The van der Waals surface area contributed by atoms with Gasteiger partial charge in [0.05, 0.1) is 23.3 Å². The summed E-state index contributed by atoms with van der Waals surface area (Å²) in [6.45, 7) is 1.91. The molecule has 1 aromatic heterocycles. The number of ether oxygens (including phenoxy) is 1. The molecule has 152 valence electrons. The van der Waals surface area contributed by atoms with Crippen LogP contribution in [0.25, 0.3) is 11.3 Å². The number of carbonyl (C=O) groups excluding carboxylic acids is 1. The first kappa shape index (κ1) is 20.7. The number of methoxy groups -OCH3 is 1. The van der Waals surface area contributed by atoms with Crippen LogP contribution in [0.3, 0.4) is 0 Å². The van der Waals surface area contributed by atoms with Crippen LogP contribution >= 0.6 is 0 Å². The van der Waals surface area contributed by atoms with Crippen LogP contribution in [0.1, 0.15) is 15.9 Å². The van der Waals surface area contributed by atoms with E-state index in [4.69, 9.17) is 4.74 Å². The van der Waals surface area contributed by atoms with Crippen molar-refractivity contribution in [2.75, 3.05) is 25.3 Å². The maximum Gasteiger partial charge on any atom is 0.259 e. The smallest absolute Gasteiger partial charge is 0.259 e. The molecule has 3 aromatic rings. The third kappa shape index (κ3) is 3.91. The number of hydrogen-bond acceptors (Lipinski definition) is 4. The number of aryl methyl sites for hydroxylation is 1. The predicted molar refractivity (Wildman–Crippen MR) is 114 cm³/mol. The van der Waals surface area contributed by atoms with Gasteiger partial charge in [0.2, 0.25) is 0 Å². The Bertz CT molecular complexity index is 1160. The highest BCUT2D eigenvalue weighted by atomic mass is 32.2. The molecule has 0 N–H and O–H groups in total. The summed E-state index contributed by atoms with van der Waals surface area (Å²) >= 11 is 0. The minimum atomic E-state index is -3.28. The Labute approximate surface area is 171 Å². The fourth-order valence-electron chi connectivity index (χ4n) is 3.41. The molecule has 6 nitrogen and oxygen atoms in total. The SMILES string of the molecule is COc1ccccc1-c1c(C)c(C(=O)N(C)c2ccc(S(C)(=O)=O)cc2)cn1C. The number of benzene rings is 2. The van der Waals surface area contributed by atoms with Crippen molar-refractivity contribution in [3.8, 4) is 17.0 Å². The summed E-state index contributed by atoms with van der Waals surface area (Å²) < 4.78 is 30.7. The molecule has 0 atom stereocenters. The zero-order valence-electron chi connectivity index (χ0n) is 17.1. The van der Waals surface area contributed by atoms with Crippen LogP contribution in [0.5, 0.6) is 5.75 Å². The Morgan fingerprint density at radius 3 is 2.28 bits per heavy atom. The third-order valence-corrected chi connectivity index (χ3v) is 6.11. The number of sulfone groups is 1. The summed E-state index contributed by atoms with van der Waals surface area (Å²) in [6.07, 6.45) is 2.96. The highest BCUT2D eigenvalue weighted by Gasteiger charge is 2.23. The average Bonchev–Trinajstić information content (AvgIpc) is 3.00. The third-order valence-electron chi connectivity index (χ3n) is 4.98. The summed E-state index contributed by atoms with van der Waals surface area (Å²) in [5.41, 5.74) is 3.86. The Kier molecular flexibility index (Phi) is 5.53. The normalized spacial score (nSPS) is 11.3. The van der Waals surface area contributed by atoms with Gasteiger partial charge < -0.3 is 14.2 Å². The number of para-hydroxylation sites is 1. The van der Waals surface area contributed by atoms with Crippen LogP contribution in [-0.4, -0.2) is 39.3 Å². The molecule has 0 saturated heterocycles. The van der Waals surface area contributed by atoms with Crippen LogP contribution < -0.4 is 9.64 Å². The minimum absolute atomic E-state index is 0.175. The second-order valence-electron chi connectivity index (χ2n) is 6.96. The van der Waals surface area contributed by atoms with Crippen molar-refractivity contribution < 1.29 is 17.9 Å². The molecular formula is C22H24N2O4S. The molecular weight excluding hydrogens is 388 g/mol. The van der Waals surface area contributed by atoms with Crippen LogP contribution in [0.4, 0.5) is 5.69 Å². The van der Waals surface area contributed by atoms with E-state index in [0.29, 0.717) is 11.3 Å². The molecule has 7 heteroatoms. The molecule has 0 aliphatic rings. The van der Waals surface area contributed by atoms with Gasteiger partial charge in [-0.15, -0.1) is 0 Å². The van der Waals surface area contributed by atoms with Gasteiger partial charge in [-0.25, -0.2) is 8.42 Å². The Morgan fingerprint density at radius 1 is 1.07 bits per heavy atom. The molecule has 0 aliphatic carbocycles. The molecule has 1 amide bonds. The second-order valence-corrected chi connectivity index (χ2v) is 8.97. The highest BCUT2D eigenvalue weighted by molar-refractivity contribution is 7.90. The fraction of sp³-hybridized carbons (Fsp3) is 0.227. The molecule has 1 heterocycles. The number of carbonyl (C=O) groups is 1. The van der Waals surface area contributed by atoms with E-state index in [0.717, 1.165) is 28.8 Å². The zero-order chi connectivity index (χ0) is 21.3. The van der Waals surface area contributed by atoms with E-state index in [1.165, 1.54) is 17.0 Å². The lowest BCUT2D eigenvalue weighted by Gasteiger charge is -2.17. The van der Waals surface area contributed by atoms with Gasteiger partial charge >= 0.3 is 0 Å². The van der Waals surface area contributed by atoms with E-state index >= 15 is 0 Å².